The molecule has 0 spiro atoms. The van der Waals surface area contributed by atoms with E-state index < -0.39 is 12.7 Å². The first-order chi connectivity index (χ1) is 16.2. The average Bonchev–Trinajstić information content (AvgIpc) is 3.00. The van der Waals surface area contributed by atoms with Crippen molar-refractivity contribution in [3.8, 4) is 0 Å². The molecular formula is C29H40BNO4. The van der Waals surface area contributed by atoms with Crippen LogP contribution >= 0.6 is 0 Å². The SMILES string of the molecule is C[C@H](c1ccc(B2OC(C)(C)C(C)(C)O2)cc1)N1CC[C@@](CC(C)(C)O)(c2ccccc2)CC1=O. The first kappa shape index (κ1) is 25.9. The number of nitrogens with zero attached hydrogens (tertiary/aromatic N) is 1. The number of carbonyl (C=O) groups is 1. The largest absolute Gasteiger partial charge is 0.494 e. The standard InChI is InChI=1S/C29H40BNO4/c1-21(22-13-15-24(16-14-22)30-34-27(4,5)28(6,7)35-30)31-18-17-29(19-25(31)32,20-26(2,3)33)23-11-9-8-10-12-23/h8-16,21,33H,17-20H2,1-7H3/t21-,29-/m1/s1. The minimum absolute atomic E-state index is 0.0363. The van der Waals surface area contributed by atoms with Gasteiger partial charge in [0.2, 0.25) is 5.91 Å². The summed E-state index contributed by atoms with van der Waals surface area (Å²) in [4.78, 5) is 15.5. The molecule has 2 saturated heterocycles. The highest BCUT2D eigenvalue weighted by Crippen LogP contribution is 2.44. The van der Waals surface area contributed by atoms with E-state index in [1.807, 2.05) is 49.1 Å². The fourth-order valence-corrected chi connectivity index (χ4v) is 5.56. The second kappa shape index (κ2) is 9.06. The predicted molar refractivity (Wildman–Crippen MR) is 141 cm³/mol. The predicted octanol–water partition coefficient (Wildman–Crippen LogP) is 4.77. The van der Waals surface area contributed by atoms with E-state index in [-0.39, 0.29) is 28.6 Å². The van der Waals surface area contributed by atoms with Crippen LogP contribution in [0, 0.1) is 0 Å². The molecule has 2 aromatic carbocycles. The van der Waals surface area contributed by atoms with E-state index in [0.29, 0.717) is 19.4 Å². The molecule has 0 unspecified atom stereocenters. The zero-order valence-electron chi connectivity index (χ0n) is 22.3. The van der Waals surface area contributed by atoms with Crippen molar-refractivity contribution < 1.29 is 19.2 Å². The lowest BCUT2D eigenvalue weighted by molar-refractivity contribution is -0.139. The van der Waals surface area contributed by atoms with Gasteiger partial charge in [-0.2, -0.15) is 0 Å². The molecule has 188 valence electrons. The quantitative estimate of drug-likeness (QED) is 0.610. The molecule has 0 radical (unpaired) electrons. The van der Waals surface area contributed by atoms with Gasteiger partial charge in [0.05, 0.1) is 22.8 Å². The van der Waals surface area contributed by atoms with Crippen LogP contribution in [-0.4, -0.2) is 46.4 Å². The van der Waals surface area contributed by atoms with Crippen LogP contribution in [0.5, 0.6) is 0 Å². The number of rotatable bonds is 6. The number of hydrogen-bond acceptors (Lipinski definition) is 4. The van der Waals surface area contributed by atoms with Crippen LogP contribution in [0.4, 0.5) is 0 Å². The van der Waals surface area contributed by atoms with Gasteiger partial charge in [0.25, 0.3) is 0 Å². The maximum Gasteiger partial charge on any atom is 0.494 e. The van der Waals surface area contributed by atoms with Gasteiger partial charge in [0.15, 0.2) is 0 Å². The molecule has 2 aliphatic heterocycles. The average molecular weight is 477 g/mol. The van der Waals surface area contributed by atoms with Gasteiger partial charge in [0, 0.05) is 18.4 Å². The lowest BCUT2D eigenvalue weighted by Crippen LogP contribution is -2.49. The molecule has 5 nitrogen and oxygen atoms in total. The van der Waals surface area contributed by atoms with E-state index in [4.69, 9.17) is 9.31 Å². The van der Waals surface area contributed by atoms with Gasteiger partial charge in [0.1, 0.15) is 0 Å². The summed E-state index contributed by atoms with van der Waals surface area (Å²) in [5.74, 6) is 0.131. The highest BCUT2D eigenvalue weighted by molar-refractivity contribution is 6.62. The summed E-state index contributed by atoms with van der Waals surface area (Å²) in [6.07, 6.45) is 1.78. The van der Waals surface area contributed by atoms with Crippen LogP contribution in [0.15, 0.2) is 54.6 Å². The summed E-state index contributed by atoms with van der Waals surface area (Å²) in [5, 5.41) is 10.7. The molecular weight excluding hydrogens is 437 g/mol. The van der Waals surface area contributed by atoms with Crippen molar-refractivity contribution in [3.63, 3.8) is 0 Å². The van der Waals surface area contributed by atoms with Gasteiger partial charge in [-0.25, -0.2) is 0 Å². The van der Waals surface area contributed by atoms with Crippen LogP contribution < -0.4 is 5.46 Å². The smallest absolute Gasteiger partial charge is 0.399 e. The van der Waals surface area contributed by atoms with Crippen LogP contribution in [0.2, 0.25) is 0 Å². The molecule has 0 bridgehead atoms. The summed E-state index contributed by atoms with van der Waals surface area (Å²) in [6.45, 7) is 14.6. The molecule has 35 heavy (non-hydrogen) atoms. The molecule has 2 aliphatic rings. The van der Waals surface area contributed by atoms with Crippen LogP contribution in [0.1, 0.15) is 84.9 Å². The molecule has 2 fully saturated rings. The fraction of sp³-hybridized carbons (Fsp3) is 0.552. The molecule has 4 rings (SSSR count). The number of likely N-dealkylation sites (tertiary alicyclic amines) is 1. The Hall–Kier alpha value is -2.15. The van der Waals surface area contributed by atoms with Crippen LogP contribution in [0.3, 0.4) is 0 Å². The van der Waals surface area contributed by atoms with Crippen molar-refractivity contribution in [1.82, 2.24) is 4.90 Å². The molecule has 0 saturated carbocycles. The second-order valence-corrected chi connectivity index (χ2v) is 12.1. The Balaban J connectivity index is 1.49. The summed E-state index contributed by atoms with van der Waals surface area (Å²) in [5.41, 5.74) is 1.25. The molecule has 2 atom stereocenters. The number of aliphatic hydroxyl groups is 1. The van der Waals surface area contributed by atoms with Crippen molar-refractivity contribution in [2.75, 3.05) is 6.54 Å². The number of amides is 1. The van der Waals surface area contributed by atoms with Crippen molar-refractivity contribution in [2.45, 2.75) is 96.0 Å². The van der Waals surface area contributed by atoms with Crippen LogP contribution in [-0.2, 0) is 19.5 Å². The van der Waals surface area contributed by atoms with E-state index in [2.05, 4.69) is 58.9 Å². The Morgan fingerprint density at radius 2 is 1.57 bits per heavy atom. The van der Waals surface area contributed by atoms with Gasteiger partial charge in [-0.05, 0) is 77.9 Å². The monoisotopic (exact) mass is 477 g/mol. The van der Waals surface area contributed by atoms with Gasteiger partial charge in [-0.1, -0.05) is 54.6 Å². The molecule has 0 aromatic heterocycles. The Labute approximate surface area is 211 Å². The Morgan fingerprint density at radius 3 is 2.09 bits per heavy atom. The number of carbonyl (C=O) groups excluding carboxylic acids is 1. The summed E-state index contributed by atoms with van der Waals surface area (Å²) in [7, 11) is -0.394. The third-order valence-electron chi connectivity index (χ3n) is 8.21. The van der Waals surface area contributed by atoms with Crippen molar-refractivity contribution in [2.24, 2.45) is 0 Å². The van der Waals surface area contributed by atoms with E-state index >= 15 is 0 Å². The Morgan fingerprint density at radius 1 is 1.00 bits per heavy atom. The maximum absolute atomic E-state index is 13.5. The molecule has 6 heteroatoms. The van der Waals surface area contributed by atoms with Gasteiger partial charge in [-0.15, -0.1) is 0 Å². The summed E-state index contributed by atoms with van der Waals surface area (Å²) in [6, 6.07) is 18.4. The summed E-state index contributed by atoms with van der Waals surface area (Å²) >= 11 is 0. The topological polar surface area (TPSA) is 59.0 Å². The normalized spacial score (nSPS) is 25.1. The fourth-order valence-electron chi connectivity index (χ4n) is 5.56. The second-order valence-electron chi connectivity index (χ2n) is 12.1. The molecule has 2 heterocycles. The highest BCUT2D eigenvalue weighted by Gasteiger charge is 2.51. The first-order valence-corrected chi connectivity index (χ1v) is 12.8. The maximum atomic E-state index is 13.5. The first-order valence-electron chi connectivity index (χ1n) is 12.8. The van der Waals surface area contributed by atoms with Crippen molar-refractivity contribution in [1.29, 1.82) is 0 Å². The lowest BCUT2D eigenvalue weighted by atomic mass is 9.66. The minimum Gasteiger partial charge on any atom is -0.399 e. The third-order valence-corrected chi connectivity index (χ3v) is 8.21. The van der Waals surface area contributed by atoms with Crippen LogP contribution in [0.25, 0.3) is 0 Å². The van der Waals surface area contributed by atoms with Gasteiger partial charge in [-0.3, -0.25) is 4.79 Å². The highest BCUT2D eigenvalue weighted by atomic mass is 16.7. The van der Waals surface area contributed by atoms with Crippen molar-refractivity contribution in [3.05, 3.63) is 65.7 Å². The van der Waals surface area contributed by atoms with E-state index in [0.717, 1.165) is 23.0 Å². The number of benzene rings is 2. The van der Waals surface area contributed by atoms with E-state index in [9.17, 15) is 9.90 Å². The van der Waals surface area contributed by atoms with Gasteiger partial charge < -0.3 is 19.3 Å². The molecule has 2 aromatic rings. The molecule has 0 aliphatic carbocycles. The molecule has 1 amide bonds. The zero-order chi connectivity index (χ0) is 25.6. The van der Waals surface area contributed by atoms with E-state index in [1.165, 1.54) is 0 Å². The zero-order valence-corrected chi connectivity index (χ0v) is 22.3. The summed E-state index contributed by atoms with van der Waals surface area (Å²) < 4.78 is 12.4. The minimum atomic E-state index is -0.854. The third kappa shape index (κ3) is 5.21. The van der Waals surface area contributed by atoms with Crippen molar-refractivity contribution >= 4 is 18.5 Å². The van der Waals surface area contributed by atoms with Gasteiger partial charge >= 0.3 is 7.12 Å². The number of hydrogen-bond donors (Lipinski definition) is 1. The Kier molecular flexibility index (Phi) is 6.71. The lowest BCUT2D eigenvalue weighted by Gasteiger charge is -2.46. The Bertz CT molecular complexity index is 1030. The number of piperidine rings is 1. The molecule has 1 N–H and O–H groups in total. The van der Waals surface area contributed by atoms with E-state index in [1.54, 1.807) is 0 Å².